The lowest BCUT2D eigenvalue weighted by Gasteiger charge is -2.10. The van der Waals surface area contributed by atoms with Crippen LogP contribution in [0, 0.1) is 10.1 Å². The minimum atomic E-state index is -0.453. The molecule has 98 valence electrons. The third-order valence-electron chi connectivity index (χ3n) is 2.27. The molecule has 0 atom stereocenters. The molecule has 19 heavy (non-hydrogen) atoms. The maximum absolute atomic E-state index is 12.0. The average Bonchev–Trinajstić information content (AvgIpc) is 2.91. The number of thiophene rings is 1. The SMILES string of the molecule is C=CCN1C(=O)C(=Cc2csc([N+](=O)[O-])c2)SC1=S. The molecular formula is C11H8N2O3S3. The molecule has 1 saturated heterocycles. The Bertz CT molecular complexity index is 606. The maximum atomic E-state index is 12.0. The summed E-state index contributed by atoms with van der Waals surface area (Å²) >= 11 is 7.31. The molecule has 8 heteroatoms. The normalized spacial score (nSPS) is 17.3. The van der Waals surface area contributed by atoms with E-state index in [1.54, 1.807) is 17.5 Å². The Hall–Kier alpha value is -1.51. The van der Waals surface area contributed by atoms with E-state index in [1.165, 1.54) is 22.7 Å². The van der Waals surface area contributed by atoms with Gasteiger partial charge in [0.05, 0.1) is 9.83 Å². The molecule has 5 nitrogen and oxygen atoms in total. The quantitative estimate of drug-likeness (QED) is 0.281. The van der Waals surface area contributed by atoms with Gasteiger partial charge in [0.2, 0.25) is 0 Å². The average molecular weight is 312 g/mol. The summed E-state index contributed by atoms with van der Waals surface area (Å²) in [5, 5.41) is 12.3. The smallest absolute Gasteiger partial charge is 0.289 e. The summed E-state index contributed by atoms with van der Waals surface area (Å²) in [5.74, 6) is -0.191. The molecular weight excluding hydrogens is 304 g/mol. The highest BCUT2D eigenvalue weighted by atomic mass is 32.2. The van der Waals surface area contributed by atoms with Crippen LogP contribution in [0.2, 0.25) is 0 Å². The van der Waals surface area contributed by atoms with Crippen molar-refractivity contribution in [2.24, 2.45) is 0 Å². The number of rotatable bonds is 4. The van der Waals surface area contributed by atoms with Gasteiger partial charge in [-0.25, -0.2) is 0 Å². The van der Waals surface area contributed by atoms with Crippen LogP contribution in [0.3, 0.4) is 0 Å². The number of nitro groups is 1. The Balaban J connectivity index is 2.24. The molecule has 1 aromatic rings. The molecule has 0 unspecified atom stereocenters. The third kappa shape index (κ3) is 2.91. The first-order valence-electron chi connectivity index (χ1n) is 5.12. The first-order chi connectivity index (χ1) is 9.02. The monoisotopic (exact) mass is 312 g/mol. The maximum Gasteiger partial charge on any atom is 0.324 e. The van der Waals surface area contributed by atoms with Crippen molar-refractivity contribution in [3.05, 3.63) is 44.7 Å². The minimum Gasteiger partial charge on any atom is -0.289 e. The lowest BCUT2D eigenvalue weighted by Crippen LogP contribution is -2.27. The second-order valence-electron chi connectivity index (χ2n) is 3.56. The first-order valence-corrected chi connectivity index (χ1v) is 7.22. The summed E-state index contributed by atoms with van der Waals surface area (Å²) in [5.41, 5.74) is 0.635. The van der Waals surface area contributed by atoms with Gasteiger partial charge < -0.3 is 0 Å². The van der Waals surface area contributed by atoms with Crippen LogP contribution in [0.15, 0.2) is 29.0 Å². The van der Waals surface area contributed by atoms with E-state index < -0.39 is 4.92 Å². The highest BCUT2D eigenvalue weighted by Gasteiger charge is 2.31. The summed E-state index contributed by atoms with van der Waals surface area (Å²) in [6, 6.07) is 1.44. The van der Waals surface area contributed by atoms with E-state index >= 15 is 0 Å². The molecule has 1 amide bonds. The van der Waals surface area contributed by atoms with Crippen LogP contribution in [0.25, 0.3) is 6.08 Å². The van der Waals surface area contributed by atoms with Crippen molar-refractivity contribution in [1.82, 2.24) is 4.90 Å². The largest absolute Gasteiger partial charge is 0.324 e. The molecule has 0 radical (unpaired) electrons. The molecule has 0 saturated carbocycles. The van der Waals surface area contributed by atoms with Gasteiger partial charge in [-0.05, 0) is 11.6 Å². The Morgan fingerprint density at radius 2 is 2.32 bits per heavy atom. The predicted molar refractivity (Wildman–Crippen MR) is 81.0 cm³/mol. The van der Waals surface area contributed by atoms with Crippen molar-refractivity contribution in [1.29, 1.82) is 0 Å². The fourth-order valence-corrected chi connectivity index (χ4v) is 3.41. The van der Waals surface area contributed by atoms with Gasteiger partial charge in [-0.3, -0.25) is 19.8 Å². The van der Waals surface area contributed by atoms with Gasteiger partial charge in [-0.2, -0.15) is 0 Å². The molecule has 1 aromatic heterocycles. The van der Waals surface area contributed by atoms with Gasteiger partial charge in [0.25, 0.3) is 5.91 Å². The predicted octanol–water partition coefficient (Wildman–Crippen LogP) is 3.04. The van der Waals surface area contributed by atoms with Crippen LogP contribution in [0.4, 0.5) is 5.00 Å². The second kappa shape index (κ2) is 5.64. The van der Waals surface area contributed by atoms with E-state index in [-0.39, 0.29) is 10.9 Å². The Morgan fingerprint density at radius 3 is 2.89 bits per heavy atom. The van der Waals surface area contributed by atoms with Crippen LogP contribution in [0.1, 0.15) is 5.56 Å². The van der Waals surface area contributed by atoms with Gasteiger partial charge in [-0.1, -0.05) is 41.4 Å². The van der Waals surface area contributed by atoms with Crippen LogP contribution in [-0.2, 0) is 4.79 Å². The molecule has 1 aliphatic rings. The lowest BCUT2D eigenvalue weighted by atomic mass is 10.3. The molecule has 0 N–H and O–H groups in total. The molecule has 1 fully saturated rings. The number of nitrogens with zero attached hydrogens (tertiary/aromatic N) is 2. The summed E-state index contributed by atoms with van der Waals surface area (Å²) in [6.45, 7) is 3.94. The van der Waals surface area contributed by atoms with Crippen LogP contribution >= 0.6 is 35.3 Å². The van der Waals surface area contributed by atoms with Gasteiger partial charge in [0, 0.05) is 18.0 Å². The summed E-state index contributed by atoms with van der Waals surface area (Å²) in [7, 11) is 0. The van der Waals surface area contributed by atoms with E-state index in [0.717, 1.165) is 11.3 Å². The number of carbonyl (C=O) groups is 1. The van der Waals surface area contributed by atoms with E-state index in [1.807, 2.05) is 0 Å². The van der Waals surface area contributed by atoms with Gasteiger partial charge in [0.1, 0.15) is 4.32 Å². The number of thiocarbonyl (C=S) groups is 1. The number of hydrogen-bond donors (Lipinski definition) is 0. The highest BCUT2D eigenvalue weighted by Crippen LogP contribution is 2.33. The van der Waals surface area contributed by atoms with Crippen LogP contribution in [0.5, 0.6) is 0 Å². The van der Waals surface area contributed by atoms with Crippen molar-refractivity contribution < 1.29 is 9.72 Å². The van der Waals surface area contributed by atoms with Crippen molar-refractivity contribution in [2.75, 3.05) is 6.54 Å². The van der Waals surface area contributed by atoms with E-state index in [9.17, 15) is 14.9 Å². The second-order valence-corrected chi connectivity index (χ2v) is 6.12. The number of carbonyl (C=O) groups excluding carboxylic acids is 1. The molecule has 0 bridgehead atoms. The van der Waals surface area contributed by atoms with E-state index in [0.29, 0.717) is 21.3 Å². The number of amides is 1. The van der Waals surface area contributed by atoms with Crippen molar-refractivity contribution in [3.63, 3.8) is 0 Å². The minimum absolute atomic E-state index is 0.0489. The van der Waals surface area contributed by atoms with Crippen molar-refractivity contribution in [3.8, 4) is 0 Å². The van der Waals surface area contributed by atoms with Crippen molar-refractivity contribution >= 4 is 56.6 Å². The summed E-state index contributed by atoms with van der Waals surface area (Å²) < 4.78 is 0.473. The zero-order valence-electron chi connectivity index (χ0n) is 9.57. The van der Waals surface area contributed by atoms with E-state index in [4.69, 9.17) is 12.2 Å². The van der Waals surface area contributed by atoms with Crippen LogP contribution < -0.4 is 0 Å². The van der Waals surface area contributed by atoms with Gasteiger partial charge >= 0.3 is 5.00 Å². The number of thioether (sulfide) groups is 1. The Labute approximate surface area is 122 Å². The molecule has 2 heterocycles. The standard InChI is InChI=1S/C11H8N2O3S3/c1-2-3-12-10(14)8(19-11(12)17)4-7-5-9(13(15)16)18-6-7/h2,4-6H,1,3H2. The molecule has 0 spiro atoms. The molecule has 2 rings (SSSR count). The fourth-order valence-electron chi connectivity index (χ4n) is 1.45. The van der Waals surface area contributed by atoms with E-state index in [2.05, 4.69) is 6.58 Å². The van der Waals surface area contributed by atoms with Gasteiger partial charge in [-0.15, -0.1) is 6.58 Å². The van der Waals surface area contributed by atoms with Gasteiger partial charge in [0.15, 0.2) is 0 Å². The zero-order chi connectivity index (χ0) is 14.0. The third-order valence-corrected chi connectivity index (χ3v) is 4.55. The first kappa shape index (κ1) is 13.9. The zero-order valence-corrected chi connectivity index (χ0v) is 12.0. The van der Waals surface area contributed by atoms with Crippen molar-refractivity contribution in [2.45, 2.75) is 0 Å². The summed E-state index contributed by atoms with van der Waals surface area (Å²) in [6.07, 6.45) is 3.22. The fraction of sp³-hybridized carbons (Fsp3) is 0.0909. The molecule has 1 aliphatic heterocycles. The van der Waals surface area contributed by atoms with Crippen LogP contribution in [-0.4, -0.2) is 26.6 Å². The number of hydrogen-bond acceptors (Lipinski definition) is 6. The topological polar surface area (TPSA) is 63.5 Å². The molecule has 0 aliphatic carbocycles. The Morgan fingerprint density at radius 1 is 1.58 bits per heavy atom. The summed E-state index contributed by atoms with van der Waals surface area (Å²) in [4.78, 5) is 24.1. The highest BCUT2D eigenvalue weighted by molar-refractivity contribution is 8.26. The Kier molecular flexibility index (Phi) is 4.13. The molecule has 0 aromatic carbocycles. The lowest BCUT2D eigenvalue weighted by molar-refractivity contribution is -0.380.